The fourth-order valence-corrected chi connectivity index (χ4v) is 3.68. The number of oxime groups is 1. The van der Waals surface area contributed by atoms with Crippen molar-refractivity contribution in [3.63, 3.8) is 0 Å². The fourth-order valence-electron chi connectivity index (χ4n) is 3.68. The molecule has 8 nitrogen and oxygen atoms in total. The summed E-state index contributed by atoms with van der Waals surface area (Å²) < 4.78 is 15.6. The van der Waals surface area contributed by atoms with Gasteiger partial charge in [0.1, 0.15) is 0 Å². The molecule has 0 bridgehead atoms. The highest BCUT2D eigenvalue weighted by Gasteiger charge is 2.22. The Labute approximate surface area is 180 Å². The first-order valence-corrected chi connectivity index (χ1v) is 10.2. The van der Waals surface area contributed by atoms with Gasteiger partial charge >= 0.3 is 5.97 Å². The van der Waals surface area contributed by atoms with Crippen molar-refractivity contribution < 1.29 is 28.6 Å². The lowest BCUT2D eigenvalue weighted by Crippen LogP contribution is -2.34. The molecule has 0 aromatic heterocycles. The lowest BCUT2D eigenvalue weighted by Gasteiger charge is -2.26. The van der Waals surface area contributed by atoms with Crippen LogP contribution in [0.5, 0.6) is 11.5 Å². The molecule has 4 rings (SSSR count). The third-order valence-corrected chi connectivity index (χ3v) is 5.24. The van der Waals surface area contributed by atoms with Gasteiger partial charge < -0.3 is 24.4 Å². The van der Waals surface area contributed by atoms with Crippen molar-refractivity contribution >= 4 is 17.6 Å². The molecule has 1 heterocycles. The summed E-state index contributed by atoms with van der Waals surface area (Å²) in [6.07, 6.45) is 2.89. The highest BCUT2D eigenvalue weighted by Crippen LogP contribution is 2.32. The molecule has 0 fully saturated rings. The zero-order valence-corrected chi connectivity index (χ0v) is 17.3. The Bertz CT molecular complexity index is 1000. The maximum absolute atomic E-state index is 12.2. The van der Waals surface area contributed by atoms with Crippen molar-refractivity contribution in [3.05, 3.63) is 59.2 Å². The van der Waals surface area contributed by atoms with Gasteiger partial charge in [-0.2, -0.15) is 0 Å². The van der Waals surface area contributed by atoms with E-state index in [0.29, 0.717) is 17.2 Å². The quantitative estimate of drug-likeness (QED) is 0.417. The second kappa shape index (κ2) is 9.51. The summed E-state index contributed by atoms with van der Waals surface area (Å²) in [7, 11) is 0. The summed E-state index contributed by atoms with van der Waals surface area (Å²) in [4.78, 5) is 29.2. The molecule has 31 heavy (non-hydrogen) atoms. The largest absolute Gasteiger partial charge is 0.454 e. The summed E-state index contributed by atoms with van der Waals surface area (Å²) in [6, 6.07) is 13.4. The van der Waals surface area contributed by atoms with Crippen LogP contribution in [0.3, 0.4) is 0 Å². The van der Waals surface area contributed by atoms with E-state index < -0.39 is 5.97 Å². The summed E-state index contributed by atoms with van der Waals surface area (Å²) in [5, 5.41) is 6.86. The van der Waals surface area contributed by atoms with Gasteiger partial charge in [-0.15, -0.1) is 0 Å². The maximum atomic E-state index is 12.2. The van der Waals surface area contributed by atoms with Crippen LogP contribution >= 0.6 is 0 Å². The van der Waals surface area contributed by atoms with E-state index in [4.69, 9.17) is 19.0 Å². The number of nitrogens with one attached hydrogen (secondary N) is 1. The first-order chi connectivity index (χ1) is 15.1. The lowest BCUT2D eigenvalue weighted by atomic mass is 9.88. The van der Waals surface area contributed by atoms with E-state index in [9.17, 15) is 9.59 Å². The van der Waals surface area contributed by atoms with Gasteiger partial charge in [-0.25, -0.2) is 4.79 Å². The molecule has 0 radical (unpaired) electrons. The van der Waals surface area contributed by atoms with Crippen LogP contribution in [0.1, 0.15) is 42.5 Å². The van der Waals surface area contributed by atoms with E-state index in [1.165, 1.54) is 5.56 Å². The molecular formula is C23H24N2O6. The van der Waals surface area contributed by atoms with Crippen LogP contribution in [-0.2, 0) is 25.6 Å². The molecule has 1 aliphatic heterocycles. The SMILES string of the molecule is C/C(=N\OCC(=O)OCC(=O)NC1CCCc2ccccc21)c1ccc2c(c1)OCO2. The van der Waals surface area contributed by atoms with Crippen LogP contribution < -0.4 is 14.8 Å². The van der Waals surface area contributed by atoms with Crippen molar-refractivity contribution in [2.75, 3.05) is 20.0 Å². The van der Waals surface area contributed by atoms with E-state index in [2.05, 4.69) is 16.5 Å². The second-order valence-electron chi connectivity index (χ2n) is 7.39. The number of carbonyl (C=O) groups excluding carboxylic acids is 2. The van der Waals surface area contributed by atoms with Crippen LogP contribution in [0.2, 0.25) is 0 Å². The number of benzene rings is 2. The molecule has 0 spiro atoms. The summed E-state index contributed by atoms with van der Waals surface area (Å²) >= 11 is 0. The number of ether oxygens (including phenoxy) is 3. The smallest absolute Gasteiger partial charge is 0.347 e. The van der Waals surface area contributed by atoms with Crippen LogP contribution in [0, 0.1) is 0 Å². The van der Waals surface area contributed by atoms with Gasteiger partial charge in [0.2, 0.25) is 13.4 Å². The van der Waals surface area contributed by atoms with Gasteiger partial charge in [0.05, 0.1) is 11.8 Å². The molecule has 2 aromatic rings. The summed E-state index contributed by atoms with van der Waals surface area (Å²) in [6.45, 7) is 1.20. The Morgan fingerprint density at radius 3 is 2.87 bits per heavy atom. The zero-order valence-electron chi connectivity index (χ0n) is 17.3. The van der Waals surface area contributed by atoms with Crippen molar-refractivity contribution in [3.8, 4) is 11.5 Å². The Kier molecular flexibility index (Phi) is 6.35. The van der Waals surface area contributed by atoms with Crippen molar-refractivity contribution in [2.45, 2.75) is 32.2 Å². The van der Waals surface area contributed by atoms with E-state index >= 15 is 0 Å². The molecule has 1 amide bonds. The van der Waals surface area contributed by atoms with E-state index in [0.717, 1.165) is 30.4 Å². The van der Waals surface area contributed by atoms with Gasteiger partial charge in [0.25, 0.3) is 5.91 Å². The Morgan fingerprint density at radius 2 is 1.97 bits per heavy atom. The Morgan fingerprint density at radius 1 is 1.13 bits per heavy atom. The van der Waals surface area contributed by atoms with Gasteiger partial charge in [0.15, 0.2) is 18.1 Å². The minimum Gasteiger partial charge on any atom is -0.454 e. The van der Waals surface area contributed by atoms with Crippen molar-refractivity contribution in [1.29, 1.82) is 0 Å². The average Bonchev–Trinajstić information content (AvgIpc) is 3.26. The maximum Gasteiger partial charge on any atom is 0.347 e. The lowest BCUT2D eigenvalue weighted by molar-refractivity contribution is -0.153. The molecular weight excluding hydrogens is 400 g/mol. The second-order valence-corrected chi connectivity index (χ2v) is 7.39. The van der Waals surface area contributed by atoms with Crippen LogP contribution in [0.4, 0.5) is 0 Å². The highest BCUT2D eigenvalue weighted by atomic mass is 16.7. The normalized spacial score (nSPS) is 16.9. The van der Waals surface area contributed by atoms with E-state index in [1.807, 2.05) is 24.3 Å². The molecule has 2 aliphatic rings. The average molecular weight is 424 g/mol. The van der Waals surface area contributed by atoms with Gasteiger partial charge in [0, 0.05) is 5.56 Å². The minimum absolute atomic E-state index is 0.0543. The molecule has 162 valence electrons. The third kappa shape index (κ3) is 5.14. The number of carbonyl (C=O) groups is 2. The van der Waals surface area contributed by atoms with Crippen molar-refractivity contribution in [2.24, 2.45) is 5.16 Å². The number of nitrogens with zero attached hydrogens (tertiary/aromatic N) is 1. The molecule has 1 atom stereocenters. The van der Waals surface area contributed by atoms with Gasteiger partial charge in [-0.05, 0) is 55.5 Å². The number of fused-ring (bicyclic) bond motifs is 2. The number of amides is 1. The predicted octanol–water partition coefficient (Wildman–Crippen LogP) is 2.89. The molecule has 1 N–H and O–H groups in total. The zero-order chi connectivity index (χ0) is 21.6. The first kappa shape index (κ1) is 20.7. The fraction of sp³-hybridized carbons (Fsp3) is 0.348. The minimum atomic E-state index is -0.665. The summed E-state index contributed by atoms with van der Waals surface area (Å²) in [5.74, 6) is 0.311. The topological polar surface area (TPSA) is 95.5 Å². The van der Waals surface area contributed by atoms with Gasteiger partial charge in [-0.1, -0.05) is 29.4 Å². The molecule has 1 aliphatic carbocycles. The highest BCUT2D eigenvalue weighted by molar-refractivity contribution is 5.99. The number of hydrogen-bond donors (Lipinski definition) is 1. The molecule has 1 unspecified atom stereocenters. The molecule has 2 aromatic carbocycles. The molecule has 8 heteroatoms. The van der Waals surface area contributed by atoms with Crippen LogP contribution in [0.25, 0.3) is 0 Å². The first-order valence-electron chi connectivity index (χ1n) is 10.2. The van der Waals surface area contributed by atoms with E-state index in [-0.39, 0.29) is 32.0 Å². The number of hydrogen-bond acceptors (Lipinski definition) is 7. The summed E-state index contributed by atoms with van der Waals surface area (Å²) in [5.41, 5.74) is 3.73. The van der Waals surface area contributed by atoms with Crippen LogP contribution in [-0.4, -0.2) is 37.6 Å². The van der Waals surface area contributed by atoms with E-state index in [1.54, 1.807) is 19.1 Å². The van der Waals surface area contributed by atoms with Crippen molar-refractivity contribution in [1.82, 2.24) is 5.32 Å². The number of rotatable bonds is 7. The Balaban J connectivity index is 1.21. The molecule has 0 saturated carbocycles. The molecule has 0 saturated heterocycles. The third-order valence-electron chi connectivity index (χ3n) is 5.24. The number of aryl methyl sites for hydroxylation is 1. The van der Waals surface area contributed by atoms with Crippen LogP contribution in [0.15, 0.2) is 47.6 Å². The Hall–Kier alpha value is -3.55. The number of esters is 1. The predicted molar refractivity (Wildman–Crippen MR) is 112 cm³/mol. The monoisotopic (exact) mass is 424 g/mol. The van der Waals surface area contributed by atoms with Gasteiger partial charge in [-0.3, -0.25) is 4.79 Å². The standard InChI is InChI=1S/C23H24N2O6/c1-15(17-9-10-20-21(11-17)30-14-29-20)25-31-13-23(27)28-12-22(26)24-19-8-4-6-16-5-2-3-7-18(16)19/h2-3,5,7,9-11,19H,4,6,8,12-14H2,1H3,(H,24,26)/b25-15+.